The lowest BCUT2D eigenvalue weighted by Crippen LogP contribution is -2.55. The zero-order valence-electron chi connectivity index (χ0n) is 8.79. The number of hydrogen-bond donors (Lipinski definition) is 1. The normalized spacial score (nSPS) is 35.3. The van der Waals surface area contributed by atoms with E-state index in [4.69, 9.17) is 9.47 Å². The Balaban J connectivity index is 2.54. The molecule has 0 aliphatic carbocycles. The van der Waals surface area contributed by atoms with E-state index in [1.165, 1.54) is 0 Å². The second-order valence-corrected chi connectivity index (χ2v) is 5.18. The molecule has 0 aromatic carbocycles. The zero-order valence-corrected chi connectivity index (χ0v) is 9.61. The van der Waals surface area contributed by atoms with E-state index in [-0.39, 0.29) is 11.2 Å². The molecule has 1 rings (SSSR count). The highest BCUT2D eigenvalue weighted by atomic mass is 32.2. The molecule has 78 valence electrons. The van der Waals surface area contributed by atoms with E-state index >= 15 is 0 Å². The molecule has 0 aromatic heterocycles. The van der Waals surface area contributed by atoms with Gasteiger partial charge in [0.2, 0.25) is 0 Å². The summed E-state index contributed by atoms with van der Waals surface area (Å²) in [7, 11) is 3.36. The van der Waals surface area contributed by atoms with Crippen molar-refractivity contribution in [2.45, 2.75) is 25.0 Å². The number of methoxy groups -OCH3 is 2. The molecular formula is C9H19NO2S. The van der Waals surface area contributed by atoms with Gasteiger partial charge in [0.15, 0.2) is 6.29 Å². The highest BCUT2D eigenvalue weighted by Gasteiger charge is 2.38. The number of ether oxygens (including phenoxy) is 2. The van der Waals surface area contributed by atoms with E-state index in [0.29, 0.717) is 0 Å². The molecule has 1 aliphatic heterocycles. The van der Waals surface area contributed by atoms with Gasteiger partial charge in [-0.25, -0.2) is 0 Å². The molecule has 0 radical (unpaired) electrons. The van der Waals surface area contributed by atoms with Gasteiger partial charge in [0.05, 0.1) is 0 Å². The van der Waals surface area contributed by atoms with Crippen LogP contribution in [-0.2, 0) is 9.47 Å². The van der Waals surface area contributed by atoms with E-state index in [1.54, 1.807) is 14.2 Å². The first kappa shape index (κ1) is 11.3. The fourth-order valence-corrected chi connectivity index (χ4v) is 2.76. The van der Waals surface area contributed by atoms with Crippen molar-refractivity contribution in [1.29, 1.82) is 0 Å². The first-order valence-corrected chi connectivity index (χ1v) is 5.55. The maximum absolute atomic E-state index is 5.27. The summed E-state index contributed by atoms with van der Waals surface area (Å²) in [4.78, 5) is -0.101. The highest BCUT2D eigenvalue weighted by molar-refractivity contribution is 8.00. The minimum Gasteiger partial charge on any atom is -0.353 e. The summed E-state index contributed by atoms with van der Waals surface area (Å²) in [6.07, 6.45) is -0.176. The minimum absolute atomic E-state index is 0.101. The largest absolute Gasteiger partial charge is 0.353 e. The van der Waals surface area contributed by atoms with Crippen LogP contribution in [0.4, 0.5) is 0 Å². The van der Waals surface area contributed by atoms with E-state index < -0.39 is 0 Å². The molecule has 2 atom stereocenters. The Morgan fingerprint density at radius 3 is 2.46 bits per heavy atom. The van der Waals surface area contributed by atoms with Gasteiger partial charge in [-0.2, -0.15) is 0 Å². The number of nitrogens with one attached hydrogen (secondary N) is 1. The Morgan fingerprint density at radius 2 is 2.08 bits per heavy atom. The Morgan fingerprint density at radius 1 is 1.46 bits per heavy atom. The third-order valence-electron chi connectivity index (χ3n) is 2.35. The van der Waals surface area contributed by atoms with Gasteiger partial charge >= 0.3 is 0 Å². The van der Waals surface area contributed by atoms with Gasteiger partial charge in [0.1, 0.15) is 4.87 Å². The molecule has 1 heterocycles. The minimum atomic E-state index is -0.176. The van der Waals surface area contributed by atoms with Crippen molar-refractivity contribution < 1.29 is 9.47 Å². The van der Waals surface area contributed by atoms with Crippen molar-refractivity contribution in [3.8, 4) is 0 Å². The van der Waals surface area contributed by atoms with Gasteiger partial charge in [-0.05, 0) is 25.1 Å². The Kier molecular flexibility index (Phi) is 4.04. The van der Waals surface area contributed by atoms with Gasteiger partial charge in [-0.1, -0.05) is 6.92 Å². The SMILES string of the molecule is COC(OC)C1(C)NCC(C)CS1. The van der Waals surface area contributed by atoms with Crippen molar-refractivity contribution in [3.05, 3.63) is 0 Å². The summed E-state index contributed by atoms with van der Waals surface area (Å²) in [5.74, 6) is 1.89. The van der Waals surface area contributed by atoms with E-state index in [0.717, 1.165) is 18.2 Å². The highest BCUT2D eigenvalue weighted by Crippen LogP contribution is 2.33. The maximum Gasteiger partial charge on any atom is 0.184 e. The quantitative estimate of drug-likeness (QED) is 0.703. The summed E-state index contributed by atoms with van der Waals surface area (Å²) in [6.45, 7) is 5.40. The molecule has 13 heavy (non-hydrogen) atoms. The smallest absolute Gasteiger partial charge is 0.184 e. The van der Waals surface area contributed by atoms with Crippen molar-refractivity contribution in [2.24, 2.45) is 5.92 Å². The monoisotopic (exact) mass is 205 g/mol. The van der Waals surface area contributed by atoms with Crippen LogP contribution in [-0.4, -0.2) is 37.7 Å². The molecule has 1 N–H and O–H groups in total. The van der Waals surface area contributed by atoms with Crippen molar-refractivity contribution in [3.63, 3.8) is 0 Å². The van der Waals surface area contributed by atoms with Gasteiger partial charge in [-0.3, -0.25) is 5.32 Å². The molecule has 3 nitrogen and oxygen atoms in total. The van der Waals surface area contributed by atoms with E-state index in [1.807, 2.05) is 11.8 Å². The molecule has 0 saturated carbocycles. The van der Waals surface area contributed by atoms with Crippen LogP contribution in [0.5, 0.6) is 0 Å². The Labute approximate surface area is 84.6 Å². The van der Waals surface area contributed by atoms with Crippen molar-refractivity contribution in [2.75, 3.05) is 26.5 Å². The van der Waals surface area contributed by atoms with Crippen LogP contribution in [0, 0.1) is 5.92 Å². The summed E-state index contributed by atoms with van der Waals surface area (Å²) >= 11 is 1.87. The lowest BCUT2D eigenvalue weighted by Gasteiger charge is -2.40. The zero-order chi connectivity index (χ0) is 9.90. The predicted molar refractivity (Wildman–Crippen MR) is 55.8 cm³/mol. The molecule has 2 unspecified atom stereocenters. The van der Waals surface area contributed by atoms with Crippen molar-refractivity contribution >= 4 is 11.8 Å². The first-order chi connectivity index (χ1) is 6.12. The fraction of sp³-hybridized carbons (Fsp3) is 1.00. The molecule has 0 spiro atoms. The van der Waals surface area contributed by atoms with Crippen LogP contribution in [0.2, 0.25) is 0 Å². The van der Waals surface area contributed by atoms with Crippen LogP contribution in [0.15, 0.2) is 0 Å². The second kappa shape index (κ2) is 4.64. The molecule has 1 aliphatic rings. The van der Waals surface area contributed by atoms with Crippen molar-refractivity contribution in [1.82, 2.24) is 5.32 Å². The molecule has 0 aromatic rings. The van der Waals surface area contributed by atoms with Crippen LogP contribution in [0.1, 0.15) is 13.8 Å². The molecular weight excluding hydrogens is 186 g/mol. The molecule has 4 heteroatoms. The Hall–Kier alpha value is 0.230. The average molecular weight is 205 g/mol. The Bertz CT molecular complexity index is 154. The van der Waals surface area contributed by atoms with Crippen LogP contribution in [0.25, 0.3) is 0 Å². The third kappa shape index (κ3) is 2.59. The maximum atomic E-state index is 5.27. The summed E-state index contributed by atoms with van der Waals surface area (Å²) in [6, 6.07) is 0. The number of thioether (sulfide) groups is 1. The molecule has 1 saturated heterocycles. The van der Waals surface area contributed by atoms with Gasteiger partial charge in [0.25, 0.3) is 0 Å². The predicted octanol–water partition coefficient (Wildman–Crippen LogP) is 1.29. The van der Waals surface area contributed by atoms with Crippen LogP contribution in [0.3, 0.4) is 0 Å². The number of hydrogen-bond acceptors (Lipinski definition) is 4. The summed E-state index contributed by atoms with van der Waals surface area (Å²) in [5.41, 5.74) is 0. The fourth-order valence-electron chi connectivity index (χ4n) is 1.50. The second-order valence-electron chi connectivity index (χ2n) is 3.71. The lowest BCUT2D eigenvalue weighted by molar-refractivity contribution is -0.129. The van der Waals surface area contributed by atoms with Gasteiger partial charge < -0.3 is 9.47 Å². The molecule has 0 amide bonds. The first-order valence-electron chi connectivity index (χ1n) is 4.57. The lowest BCUT2D eigenvalue weighted by atomic mass is 10.2. The van der Waals surface area contributed by atoms with Crippen LogP contribution >= 0.6 is 11.8 Å². The van der Waals surface area contributed by atoms with E-state index in [9.17, 15) is 0 Å². The van der Waals surface area contributed by atoms with Gasteiger partial charge in [0, 0.05) is 14.2 Å². The third-order valence-corrected chi connectivity index (χ3v) is 4.02. The molecule has 0 bridgehead atoms. The van der Waals surface area contributed by atoms with Crippen LogP contribution < -0.4 is 5.32 Å². The number of rotatable bonds is 3. The average Bonchev–Trinajstić information content (AvgIpc) is 2.13. The summed E-state index contributed by atoms with van der Waals surface area (Å²) in [5, 5.41) is 3.46. The molecule has 1 fully saturated rings. The van der Waals surface area contributed by atoms with Gasteiger partial charge in [-0.15, -0.1) is 11.8 Å². The summed E-state index contributed by atoms with van der Waals surface area (Å²) < 4.78 is 10.5. The topological polar surface area (TPSA) is 30.5 Å². The standard InChI is InChI=1S/C9H19NO2S/c1-7-5-10-9(2,13-6-7)8(11-3)12-4/h7-8,10H,5-6H2,1-4H3. The van der Waals surface area contributed by atoms with E-state index in [2.05, 4.69) is 19.2 Å².